The van der Waals surface area contributed by atoms with Gasteiger partial charge in [0.2, 0.25) is 5.91 Å². The van der Waals surface area contributed by atoms with Gasteiger partial charge in [-0.25, -0.2) is 4.39 Å². The molecule has 1 unspecified atom stereocenters. The zero-order chi connectivity index (χ0) is 12.1. The zero-order valence-corrected chi connectivity index (χ0v) is 9.16. The Morgan fingerprint density at radius 1 is 1.62 bits per heavy atom. The second kappa shape index (κ2) is 5.46. The molecule has 1 atom stereocenters. The summed E-state index contributed by atoms with van der Waals surface area (Å²) in [5.41, 5.74) is 0.525. The molecule has 0 bridgehead atoms. The molecule has 0 heterocycles. The number of carbonyl (C=O) groups excluding carboxylic acids is 1. The van der Waals surface area contributed by atoms with Gasteiger partial charge in [0.25, 0.3) is 0 Å². The van der Waals surface area contributed by atoms with E-state index < -0.39 is 17.8 Å². The maximum atomic E-state index is 12.9. The van der Waals surface area contributed by atoms with Gasteiger partial charge in [-0.1, -0.05) is 0 Å². The van der Waals surface area contributed by atoms with Crippen molar-refractivity contribution in [3.63, 3.8) is 0 Å². The van der Waals surface area contributed by atoms with Crippen LogP contribution < -0.4 is 10.1 Å². The average molecular weight is 227 g/mol. The first-order valence-corrected chi connectivity index (χ1v) is 4.82. The largest absolute Gasteiger partial charge is 0.496 e. The van der Waals surface area contributed by atoms with Crippen molar-refractivity contribution in [3.05, 3.63) is 29.6 Å². The van der Waals surface area contributed by atoms with Crippen LogP contribution in [0.3, 0.4) is 0 Å². The maximum absolute atomic E-state index is 12.9. The molecular formula is C11H14FNO3. The Morgan fingerprint density at radius 3 is 2.88 bits per heavy atom. The van der Waals surface area contributed by atoms with Crippen LogP contribution in [0, 0.1) is 5.82 Å². The first-order chi connectivity index (χ1) is 7.54. The van der Waals surface area contributed by atoms with Crippen molar-refractivity contribution in [2.24, 2.45) is 0 Å². The van der Waals surface area contributed by atoms with Crippen molar-refractivity contribution in [1.29, 1.82) is 0 Å². The van der Waals surface area contributed by atoms with Crippen molar-refractivity contribution in [1.82, 2.24) is 5.32 Å². The summed E-state index contributed by atoms with van der Waals surface area (Å²) in [4.78, 5) is 11.1. The first kappa shape index (κ1) is 12.4. The quantitative estimate of drug-likeness (QED) is 0.801. The first-order valence-electron chi connectivity index (χ1n) is 4.82. The zero-order valence-electron chi connectivity index (χ0n) is 9.16. The van der Waals surface area contributed by atoms with E-state index in [0.29, 0.717) is 11.3 Å². The highest BCUT2D eigenvalue weighted by Gasteiger charge is 2.10. The molecular weight excluding hydrogens is 213 g/mol. The molecule has 0 saturated carbocycles. The molecule has 5 heteroatoms. The van der Waals surface area contributed by atoms with Gasteiger partial charge in [-0.3, -0.25) is 4.79 Å². The van der Waals surface area contributed by atoms with E-state index in [2.05, 4.69) is 5.32 Å². The Bertz CT molecular complexity index is 379. The lowest BCUT2D eigenvalue weighted by molar-refractivity contribution is -0.128. The number of rotatable bonds is 4. The van der Waals surface area contributed by atoms with Crippen LogP contribution in [-0.4, -0.2) is 24.2 Å². The van der Waals surface area contributed by atoms with Crippen LogP contribution in [-0.2, 0) is 11.3 Å². The SMILES string of the molecule is COc1ccc(F)cc1CNC(=O)C(C)O. The Morgan fingerprint density at radius 2 is 2.31 bits per heavy atom. The second-order valence-electron chi connectivity index (χ2n) is 3.35. The smallest absolute Gasteiger partial charge is 0.248 e. The lowest BCUT2D eigenvalue weighted by Crippen LogP contribution is -2.32. The summed E-state index contributed by atoms with van der Waals surface area (Å²) in [6, 6.07) is 4.04. The molecule has 1 rings (SSSR count). The molecule has 2 N–H and O–H groups in total. The summed E-state index contributed by atoms with van der Waals surface area (Å²) in [7, 11) is 1.47. The highest BCUT2D eigenvalue weighted by atomic mass is 19.1. The van der Waals surface area contributed by atoms with Crippen molar-refractivity contribution in [3.8, 4) is 5.75 Å². The predicted octanol–water partition coefficient (Wildman–Crippen LogP) is 0.831. The van der Waals surface area contributed by atoms with Crippen molar-refractivity contribution < 1.29 is 19.0 Å². The molecule has 0 aliphatic carbocycles. The third-order valence-electron chi connectivity index (χ3n) is 2.07. The second-order valence-corrected chi connectivity index (χ2v) is 3.35. The van der Waals surface area contributed by atoms with Gasteiger partial charge in [0.15, 0.2) is 0 Å². The van der Waals surface area contributed by atoms with Crippen LogP contribution in [0.1, 0.15) is 12.5 Å². The van der Waals surface area contributed by atoms with E-state index in [1.165, 1.54) is 32.2 Å². The van der Waals surface area contributed by atoms with Gasteiger partial charge in [-0.2, -0.15) is 0 Å². The van der Waals surface area contributed by atoms with Crippen LogP contribution in [0.4, 0.5) is 4.39 Å². The summed E-state index contributed by atoms with van der Waals surface area (Å²) in [5, 5.41) is 11.4. The molecule has 0 aliphatic heterocycles. The average Bonchev–Trinajstić information content (AvgIpc) is 2.25. The Hall–Kier alpha value is -1.62. The number of methoxy groups -OCH3 is 1. The van der Waals surface area contributed by atoms with Crippen molar-refractivity contribution in [2.45, 2.75) is 19.6 Å². The predicted molar refractivity (Wildman–Crippen MR) is 56.5 cm³/mol. The van der Waals surface area contributed by atoms with E-state index in [0.717, 1.165) is 0 Å². The molecule has 88 valence electrons. The third kappa shape index (κ3) is 3.20. The number of amides is 1. The monoisotopic (exact) mass is 227 g/mol. The van der Waals surface area contributed by atoms with Gasteiger partial charge >= 0.3 is 0 Å². The van der Waals surface area contributed by atoms with E-state index in [-0.39, 0.29) is 6.54 Å². The minimum Gasteiger partial charge on any atom is -0.496 e. The van der Waals surface area contributed by atoms with Crippen LogP contribution in [0.15, 0.2) is 18.2 Å². The molecule has 0 spiro atoms. The molecule has 1 aromatic carbocycles. The fourth-order valence-corrected chi connectivity index (χ4v) is 1.22. The number of hydrogen-bond acceptors (Lipinski definition) is 3. The maximum Gasteiger partial charge on any atom is 0.248 e. The summed E-state index contributed by atoms with van der Waals surface area (Å²) in [6.45, 7) is 1.48. The number of benzene rings is 1. The minimum atomic E-state index is -1.08. The van der Waals surface area contributed by atoms with Crippen LogP contribution in [0.5, 0.6) is 5.75 Å². The molecule has 0 aromatic heterocycles. The summed E-state index contributed by atoms with van der Waals surface area (Å²) < 4.78 is 18.0. The van der Waals surface area contributed by atoms with E-state index in [4.69, 9.17) is 9.84 Å². The Kier molecular flexibility index (Phi) is 4.25. The number of hydrogen-bond donors (Lipinski definition) is 2. The number of ether oxygens (including phenoxy) is 1. The number of carbonyl (C=O) groups is 1. The fraction of sp³-hybridized carbons (Fsp3) is 0.364. The molecule has 0 fully saturated rings. The van der Waals surface area contributed by atoms with Crippen LogP contribution >= 0.6 is 0 Å². The normalized spacial score (nSPS) is 12.0. The number of aliphatic hydroxyl groups is 1. The highest BCUT2D eigenvalue weighted by molar-refractivity contribution is 5.79. The van der Waals surface area contributed by atoms with Crippen LogP contribution in [0.25, 0.3) is 0 Å². The summed E-state index contributed by atoms with van der Waals surface area (Å²) in [5.74, 6) is -0.416. The molecule has 4 nitrogen and oxygen atoms in total. The Balaban J connectivity index is 2.72. The molecule has 0 saturated heterocycles. The lowest BCUT2D eigenvalue weighted by atomic mass is 10.2. The standard InChI is InChI=1S/C11H14FNO3/c1-7(14)11(15)13-6-8-5-9(12)3-4-10(8)16-2/h3-5,7,14H,6H2,1-2H3,(H,13,15). The Labute approximate surface area is 93.0 Å². The molecule has 0 radical (unpaired) electrons. The molecule has 16 heavy (non-hydrogen) atoms. The number of nitrogens with one attached hydrogen (secondary N) is 1. The number of aliphatic hydroxyl groups excluding tert-OH is 1. The van der Waals surface area contributed by atoms with Gasteiger partial charge in [-0.05, 0) is 25.1 Å². The molecule has 1 aromatic rings. The fourth-order valence-electron chi connectivity index (χ4n) is 1.22. The minimum absolute atomic E-state index is 0.116. The topological polar surface area (TPSA) is 58.6 Å². The lowest BCUT2D eigenvalue weighted by Gasteiger charge is -2.10. The highest BCUT2D eigenvalue weighted by Crippen LogP contribution is 2.18. The third-order valence-corrected chi connectivity index (χ3v) is 2.07. The van der Waals surface area contributed by atoms with E-state index >= 15 is 0 Å². The van der Waals surface area contributed by atoms with E-state index in [9.17, 15) is 9.18 Å². The van der Waals surface area contributed by atoms with Crippen molar-refractivity contribution in [2.75, 3.05) is 7.11 Å². The summed E-state index contributed by atoms with van der Waals surface area (Å²) >= 11 is 0. The molecule has 1 amide bonds. The number of halogens is 1. The van der Waals surface area contributed by atoms with Gasteiger partial charge in [0, 0.05) is 12.1 Å². The van der Waals surface area contributed by atoms with E-state index in [1.54, 1.807) is 0 Å². The van der Waals surface area contributed by atoms with Gasteiger partial charge in [-0.15, -0.1) is 0 Å². The molecule has 0 aliphatic rings. The van der Waals surface area contributed by atoms with E-state index in [1.807, 2.05) is 0 Å². The van der Waals surface area contributed by atoms with Gasteiger partial charge in [0.05, 0.1) is 7.11 Å². The van der Waals surface area contributed by atoms with Crippen molar-refractivity contribution >= 4 is 5.91 Å². The summed E-state index contributed by atoms with van der Waals surface area (Å²) in [6.07, 6.45) is -1.08. The van der Waals surface area contributed by atoms with Gasteiger partial charge < -0.3 is 15.2 Å². The van der Waals surface area contributed by atoms with Gasteiger partial charge in [0.1, 0.15) is 17.7 Å². The van der Waals surface area contributed by atoms with Crippen LogP contribution in [0.2, 0.25) is 0 Å².